The highest BCUT2D eigenvalue weighted by Gasteiger charge is 2.21. The van der Waals surface area contributed by atoms with Crippen LogP contribution in [0.2, 0.25) is 0 Å². The van der Waals surface area contributed by atoms with Gasteiger partial charge in [-0.3, -0.25) is 4.79 Å². The molecule has 8 nitrogen and oxygen atoms in total. The SMILES string of the molecule is O=C(NC1CCCNC1)c1ccnc2[nH]c(-c3cc(N4CCNCC4)cs3)nc12. The summed E-state index contributed by atoms with van der Waals surface area (Å²) < 4.78 is 0. The summed E-state index contributed by atoms with van der Waals surface area (Å²) in [7, 11) is 0. The molecule has 0 saturated carbocycles. The van der Waals surface area contributed by atoms with Gasteiger partial charge in [-0.2, -0.15) is 0 Å². The zero-order chi connectivity index (χ0) is 19.6. The van der Waals surface area contributed by atoms with Gasteiger partial charge in [-0.15, -0.1) is 11.3 Å². The molecule has 2 fully saturated rings. The lowest BCUT2D eigenvalue weighted by molar-refractivity contribution is 0.0932. The molecule has 29 heavy (non-hydrogen) atoms. The highest BCUT2D eigenvalue weighted by atomic mass is 32.1. The third-order valence-electron chi connectivity index (χ3n) is 5.56. The summed E-state index contributed by atoms with van der Waals surface area (Å²) >= 11 is 1.66. The van der Waals surface area contributed by atoms with E-state index >= 15 is 0 Å². The van der Waals surface area contributed by atoms with Crippen LogP contribution in [-0.2, 0) is 0 Å². The largest absolute Gasteiger partial charge is 0.368 e. The number of anilines is 1. The lowest BCUT2D eigenvalue weighted by Crippen LogP contribution is -2.45. The molecule has 1 unspecified atom stereocenters. The van der Waals surface area contributed by atoms with Crippen LogP contribution in [-0.4, -0.2) is 66.2 Å². The molecule has 5 heterocycles. The van der Waals surface area contributed by atoms with Crippen molar-refractivity contribution in [2.75, 3.05) is 44.2 Å². The fourth-order valence-electron chi connectivity index (χ4n) is 3.99. The number of hydrogen-bond acceptors (Lipinski definition) is 7. The number of nitrogens with one attached hydrogen (secondary N) is 4. The summed E-state index contributed by atoms with van der Waals surface area (Å²) in [5, 5.41) is 12.0. The van der Waals surface area contributed by atoms with E-state index in [0.717, 1.165) is 62.8 Å². The molecule has 152 valence electrons. The fourth-order valence-corrected chi connectivity index (χ4v) is 4.85. The standard InChI is InChI=1S/C20H25N7OS/c28-20(24-13-2-1-4-22-11-13)15-3-5-23-19-17(15)25-18(26-19)16-10-14(12-29-16)27-8-6-21-7-9-27/h3,5,10,12-13,21-22H,1-2,4,6-9,11H2,(H,24,28)(H,23,25,26). The van der Waals surface area contributed by atoms with Gasteiger partial charge in [0.25, 0.3) is 5.91 Å². The average molecular weight is 412 g/mol. The number of aromatic nitrogens is 3. The van der Waals surface area contributed by atoms with E-state index < -0.39 is 0 Å². The first-order chi connectivity index (χ1) is 14.3. The van der Waals surface area contributed by atoms with E-state index in [1.54, 1.807) is 23.6 Å². The summed E-state index contributed by atoms with van der Waals surface area (Å²) in [4.78, 5) is 28.7. The van der Waals surface area contributed by atoms with Crippen LogP contribution < -0.4 is 20.9 Å². The Morgan fingerprint density at radius 3 is 2.97 bits per heavy atom. The first-order valence-electron chi connectivity index (χ1n) is 10.2. The van der Waals surface area contributed by atoms with E-state index in [1.807, 2.05) is 0 Å². The summed E-state index contributed by atoms with van der Waals surface area (Å²) in [6.45, 7) is 5.88. The van der Waals surface area contributed by atoms with Gasteiger partial charge in [0.15, 0.2) is 5.65 Å². The molecule has 3 aromatic rings. The van der Waals surface area contributed by atoms with E-state index in [-0.39, 0.29) is 11.9 Å². The minimum atomic E-state index is -0.0863. The van der Waals surface area contributed by atoms with Gasteiger partial charge >= 0.3 is 0 Å². The Morgan fingerprint density at radius 2 is 2.14 bits per heavy atom. The maximum atomic E-state index is 12.9. The molecule has 0 radical (unpaired) electrons. The second kappa shape index (κ2) is 8.10. The number of carbonyl (C=O) groups excluding carboxylic acids is 1. The normalized spacial score (nSPS) is 20.1. The Bertz CT molecular complexity index is 1000. The van der Waals surface area contributed by atoms with Gasteiger partial charge in [-0.05, 0) is 31.5 Å². The number of rotatable bonds is 4. The Kier molecular flexibility index (Phi) is 5.17. The number of nitrogens with zero attached hydrogens (tertiary/aromatic N) is 3. The molecular weight excluding hydrogens is 386 g/mol. The highest BCUT2D eigenvalue weighted by Crippen LogP contribution is 2.31. The fraction of sp³-hybridized carbons (Fsp3) is 0.450. The first kappa shape index (κ1) is 18.5. The monoisotopic (exact) mass is 411 g/mol. The van der Waals surface area contributed by atoms with Crippen molar-refractivity contribution >= 4 is 34.1 Å². The molecule has 1 amide bonds. The number of carbonyl (C=O) groups is 1. The van der Waals surface area contributed by atoms with Crippen LogP contribution in [0.3, 0.4) is 0 Å². The number of pyridine rings is 1. The van der Waals surface area contributed by atoms with Crippen LogP contribution in [0.15, 0.2) is 23.7 Å². The molecule has 0 aromatic carbocycles. The molecule has 1 atom stereocenters. The Labute approximate surface area is 173 Å². The quantitative estimate of drug-likeness (QED) is 0.520. The van der Waals surface area contributed by atoms with Gasteiger partial charge in [0.05, 0.1) is 10.4 Å². The zero-order valence-corrected chi connectivity index (χ0v) is 17.0. The van der Waals surface area contributed by atoms with Crippen LogP contribution in [0.25, 0.3) is 21.9 Å². The maximum Gasteiger partial charge on any atom is 0.253 e. The van der Waals surface area contributed by atoms with Crippen molar-refractivity contribution in [2.24, 2.45) is 0 Å². The first-order valence-corrected chi connectivity index (χ1v) is 11.1. The summed E-state index contributed by atoms with van der Waals surface area (Å²) in [5.41, 5.74) is 3.07. The van der Waals surface area contributed by atoms with E-state index in [0.29, 0.717) is 16.7 Å². The number of piperidine rings is 1. The van der Waals surface area contributed by atoms with Crippen LogP contribution >= 0.6 is 11.3 Å². The topological polar surface area (TPSA) is 98.0 Å². The number of thiophene rings is 1. The van der Waals surface area contributed by atoms with Crippen molar-refractivity contribution in [1.29, 1.82) is 0 Å². The minimum absolute atomic E-state index is 0.0863. The molecule has 3 aromatic heterocycles. The molecule has 2 aliphatic heterocycles. The van der Waals surface area contributed by atoms with Crippen molar-refractivity contribution in [3.8, 4) is 10.7 Å². The predicted molar refractivity (Wildman–Crippen MR) is 116 cm³/mol. The number of fused-ring (bicyclic) bond motifs is 1. The van der Waals surface area contributed by atoms with Gasteiger partial charge in [0.2, 0.25) is 0 Å². The van der Waals surface area contributed by atoms with Gasteiger partial charge in [-0.25, -0.2) is 9.97 Å². The zero-order valence-electron chi connectivity index (χ0n) is 16.2. The minimum Gasteiger partial charge on any atom is -0.368 e. The van der Waals surface area contributed by atoms with Gasteiger partial charge in [-0.1, -0.05) is 0 Å². The number of hydrogen-bond donors (Lipinski definition) is 4. The van der Waals surface area contributed by atoms with E-state index in [9.17, 15) is 4.79 Å². The maximum absolute atomic E-state index is 12.9. The van der Waals surface area contributed by atoms with Crippen molar-refractivity contribution in [3.05, 3.63) is 29.3 Å². The van der Waals surface area contributed by atoms with Crippen molar-refractivity contribution in [2.45, 2.75) is 18.9 Å². The highest BCUT2D eigenvalue weighted by molar-refractivity contribution is 7.14. The molecule has 4 N–H and O–H groups in total. The number of piperazine rings is 1. The molecule has 5 rings (SSSR count). The molecule has 0 bridgehead atoms. The number of aromatic amines is 1. The van der Waals surface area contributed by atoms with Gasteiger partial charge < -0.3 is 25.8 Å². The molecule has 2 saturated heterocycles. The number of amides is 1. The van der Waals surface area contributed by atoms with Crippen molar-refractivity contribution < 1.29 is 4.79 Å². The lowest BCUT2D eigenvalue weighted by Gasteiger charge is -2.28. The van der Waals surface area contributed by atoms with Crippen LogP contribution in [0.4, 0.5) is 5.69 Å². The second-order valence-corrected chi connectivity index (χ2v) is 8.48. The molecule has 2 aliphatic rings. The smallest absolute Gasteiger partial charge is 0.253 e. The Hall–Kier alpha value is -2.49. The molecule has 0 spiro atoms. The lowest BCUT2D eigenvalue weighted by atomic mass is 10.1. The van der Waals surface area contributed by atoms with E-state index in [1.165, 1.54) is 5.69 Å². The summed E-state index contributed by atoms with van der Waals surface area (Å²) in [5.74, 6) is 0.676. The average Bonchev–Trinajstić information content (AvgIpc) is 3.42. The van der Waals surface area contributed by atoms with Crippen LogP contribution in [0, 0.1) is 0 Å². The summed E-state index contributed by atoms with van der Waals surface area (Å²) in [6, 6.07) is 4.08. The predicted octanol–water partition coefficient (Wildman–Crippen LogP) is 1.58. The molecule has 9 heteroatoms. The van der Waals surface area contributed by atoms with Gasteiger partial charge in [0, 0.05) is 56.0 Å². The van der Waals surface area contributed by atoms with Crippen LogP contribution in [0.1, 0.15) is 23.2 Å². The molecular formula is C20H25N7OS. The second-order valence-electron chi connectivity index (χ2n) is 7.56. The third kappa shape index (κ3) is 3.85. The Balaban J connectivity index is 1.40. The van der Waals surface area contributed by atoms with Crippen molar-refractivity contribution in [3.63, 3.8) is 0 Å². The van der Waals surface area contributed by atoms with E-state index in [4.69, 9.17) is 4.98 Å². The third-order valence-corrected chi connectivity index (χ3v) is 6.49. The van der Waals surface area contributed by atoms with Gasteiger partial charge in [0.1, 0.15) is 11.3 Å². The summed E-state index contributed by atoms with van der Waals surface area (Å²) in [6.07, 6.45) is 3.75. The van der Waals surface area contributed by atoms with Crippen molar-refractivity contribution in [1.82, 2.24) is 30.9 Å². The number of imidazole rings is 1. The number of H-pyrrole nitrogens is 1. The molecule has 0 aliphatic carbocycles. The Morgan fingerprint density at radius 1 is 1.24 bits per heavy atom. The van der Waals surface area contributed by atoms with E-state index in [2.05, 4.69) is 42.3 Å². The van der Waals surface area contributed by atoms with Crippen LogP contribution in [0.5, 0.6) is 0 Å².